The van der Waals surface area contributed by atoms with Gasteiger partial charge in [0.1, 0.15) is 0 Å². The molecule has 1 fully saturated rings. The summed E-state index contributed by atoms with van der Waals surface area (Å²) in [7, 11) is 0. The second kappa shape index (κ2) is 4.88. The predicted molar refractivity (Wildman–Crippen MR) is 70.2 cm³/mol. The lowest BCUT2D eigenvalue weighted by molar-refractivity contribution is 0.0669. The molecule has 1 aromatic carbocycles. The lowest BCUT2D eigenvalue weighted by Gasteiger charge is -2.18. The summed E-state index contributed by atoms with van der Waals surface area (Å²) in [6.07, 6.45) is 0.737. The van der Waals surface area contributed by atoms with Crippen molar-refractivity contribution in [2.45, 2.75) is 18.9 Å². The van der Waals surface area contributed by atoms with E-state index in [1.807, 2.05) is 36.1 Å². The Kier molecular flexibility index (Phi) is 3.66. The Bertz CT molecular complexity index is 414. The second-order valence-corrected chi connectivity index (χ2v) is 5.80. The molecule has 1 heterocycles. The molecule has 4 heteroatoms. The van der Waals surface area contributed by atoms with Crippen LogP contribution in [-0.4, -0.2) is 41.0 Å². The molecule has 0 aromatic heterocycles. The highest BCUT2D eigenvalue weighted by molar-refractivity contribution is 9.10. The molecule has 1 aromatic rings. The zero-order valence-electron chi connectivity index (χ0n) is 9.82. The lowest BCUT2D eigenvalue weighted by Crippen LogP contribution is -2.33. The number of Topliss-reactive ketones (excluding diaryl/α,β-unsaturated/α-hetero) is 1. The Hall–Kier alpha value is -0.710. The Balaban J connectivity index is 1.96. The first-order valence-electron chi connectivity index (χ1n) is 5.70. The van der Waals surface area contributed by atoms with Gasteiger partial charge in [-0.3, -0.25) is 9.69 Å². The fourth-order valence-electron chi connectivity index (χ4n) is 2.10. The van der Waals surface area contributed by atoms with E-state index in [2.05, 4.69) is 15.9 Å². The summed E-state index contributed by atoms with van der Waals surface area (Å²) in [5, 5.41) is 9.83. The molecule has 0 spiro atoms. The largest absolute Gasteiger partial charge is 0.389 e. The number of carbonyl (C=O) groups excluding carboxylic acids is 1. The smallest absolute Gasteiger partial charge is 0.176 e. The van der Waals surface area contributed by atoms with Crippen LogP contribution in [0.3, 0.4) is 0 Å². The van der Waals surface area contributed by atoms with E-state index in [0.29, 0.717) is 13.1 Å². The number of ketones is 1. The van der Waals surface area contributed by atoms with Gasteiger partial charge < -0.3 is 5.11 Å². The third-order valence-corrected chi connectivity index (χ3v) is 3.59. The van der Waals surface area contributed by atoms with E-state index in [0.717, 1.165) is 23.0 Å². The monoisotopic (exact) mass is 297 g/mol. The topological polar surface area (TPSA) is 40.5 Å². The number of nitrogens with zero attached hydrogens (tertiary/aromatic N) is 1. The van der Waals surface area contributed by atoms with Gasteiger partial charge in [0.15, 0.2) is 5.78 Å². The summed E-state index contributed by atoms with van der Waals surface area (Å²) in [6.45, 7) is 3.57. The molecule has 1 saturated heterocycles. The van der Waals surface area contributed by atoms with Gasteiger partial charge in [-0.2, -0.15) is 0 Å². The normalized spacial score (nSPS) is 25.1. The number of benzene rings is 1. The van der Waals surface area contributed by atoms with Crippen LogP contribution in [-0.2, 0) is 0 Å². The van der Waals surface area contributed by atoms with Crippen molar-refractivity contribution < 1.29 is 9.90 Å². The van der Waals surface area contributed by atoms with E-state index in [-0.39, 0.29) is 5.78 Å². The van der Waals surface area contributed by atoms with Crippen LogP contribution < -0.4 is 0 Å². The van der Waals surface area contributed by atoms with Crippen molar-refractivity contribution in [2.24, 2.45) is 0 Å². The van der Waals surface area contributed by atoms with Crippen molar-refractivity contribution in [1.82, 2.24) is 4.90 Å². The Morgan fingerprint density at radius 2 is 2.12 bits per heavy atom. The van der Waals surface area contributed by atoms with Gasteiger partial charge in [0.2, 0.25) is 0 Å². The molecule has 0 radical (unpaired) electrons. The third kappa shape index (κ3) is 3.37. The van der Waals surface area contributed by atoms with E-state index in [9.17, 15) is 9.90 Å². The van der Waals surface area contributed by atoms with Gasteiger partial charge in [0.25, 0.3) is 0 Å². The van der Waals surface area contributed by atoms with Gasteiger partial charge in [-0.1, -0.05) is 28.1 Å². The minimum atomic E-state index is -0.639. The van der Waals surface area contributed by atoms with E-state index in [1.54, 1.807) is 0 Å². The zero-order valence-corrected chi connectivity index (χ0v) is 11.4. The molecule has 3 nitrogen and oxygen atoms in total. The van der Waals surface area contributed by atoms with Crippen LogP contribution in [0.5, 0.6) is 0 Å². The molecule has 1 N–H and O–H groups in total. The number of β-amino-alcohol motifs (C(OH)–C–C–N with tert-alkyl or cyclic N) is 1. The maximum atomic E-state index is 12.0. The molecule has 1 aliphatic heterocycles. The molecule has 0 amide bonds. The van der Waals surface area contributed by atoms with Crippen LogP contribution >= 0.6 is 15.9 Å². The number of halogens is 1. The number of hydrogen-bond acceptors (Lipinski definition) is 3. The molecule has 1 aliphatic rings. The fraction of sp³-hybridized carbons (Fsp3) is 0.462. The standard InChI is InChI=1S/C13H16BrNO2/c1-13(17)6-7-15(9-13)8-12(16)10-2-4-11(14)5-3-10/h2-5,17H,6-9H2,1H3. The molecule has 1 unspecified atom stereocenters. The molecule has 0 saturated carbocycles. The summed E-state index contributed by atoms with van der Waals surface area (Å²) in [6, 6.07) is 7.38. The minimum Gasteiger partial charge on any atom is -0.389 e. The van der Waals surface area contributed by atoms with Crippen molar-refractivity contribution in [3.8, 4) is 0 Å². The fourth-order valence-corrected chi connectivity index (χ4v) is 2.37. The van der Waals surface area contributed by atoms with E-state index < -0.39 is 5.60 Å². The van der Waals surface area contributed by atoms with Gasteiger partial charge in [0.05, 0.1) is 12.1 Å². The number of hydrogen-bond donors (Lipinski definition) is 1. The molecular weight excluding hydrogens is 282 g/mol. The maximum absolute atomic E-state index is 12.0. The van der Waals surface area contributed by atoms with Gasteiger partial charge in [-0.15, -0.1) is 0 Å². The summed E-state index contributed by atoms with van der Waals surface area (Å²) in [5.41, 5.74) is 0.0831. The van der Waals surface area contributed by atoms with Crippen LogP contribution in [0.2, 0.25) is 0 Å². The minimum absolute atomic E-state index is 0.107. The van der Waals surface area contributed by atoms with E-state index >= 15 is 0 Å². The summed E-state index contributed by atoms with van der Waals surface area (Å²) in [5.74, 6) is 0.107. The van der Waals surface area contributed by atoms with Crippen LogP contribution in [0.15, 0.2) is 28.7 Å². The highest BCUT2D eigenvalue weighted by atomic mass is 79.9. The van der Waals surface area contributed by atoms with E-state index in [1.165, 1.54) is 0 Å². The second-order valence-electron chi connectivity index (χ2n) is 4.89. The Morgan fingerprint density at radius 3 is 2.65 bits per heavy atom. The summed E-state index contributed by atoms with van der Waals surface area (Å²) in [4.78, 5) is 14.0. The number of carbonyl (C=O) groups is 1. The summed E-state index contributed by atoms with van der Waals surface area (Å²) < 4.78 is 0.971. The van der Waals surface area contributed by atoms with Gasteiger partial charge in [0, 0.05) is 23.1 Å². The third-order valence-electron chi connectivity index (χ3n) is 3.06. The quantitative estimate of drug-likeness (QED) is 0.869. The molecule has 1 atom stereocenters. The van der Waals surface area contributed by atoms with Crippen LogP contribution in [0.4, 0.5) is 0 Å². The van der Waals surface area contributed by atoms with Crippen LogP contribution in [0.1, 0.15) is 23.7 Å². The van der Waals surface area contributed by atoms with Crippen LogP contribution in [0.25, 0.3) is 0 Å². The Morgan fingerprint density at radius 1 is 1.47 bits per heavy atom. The first-order chi connectivity index (χ1) is 7.96. The molecule has 92 valence electrons. The predicted octanol–water partition coefficient (Wildman–Crippen LogP) is 2.09. The van der Waals surface area contributed by atoms with Gasteiger partial charge >= 0.3 is 0 Å². The average molecular weight is 298 g/mol. The lowest BCUT2D eigenvalue weighted by atomic mass is 10.1. The van der Waals surface area contributed by atoms with Crippen molar-refractivity contribution in [1.29, 1.82) is 0 Å². The SMILES string of the molecule is CC1(O)CCN(CC(=O)c2ccc(Br)cc2)C1. The van der Waals surface area contributed by atoms with Crippen LogP contribution in [0, 0.1) is 0 Å². The molecule has 17 heavy (non-hydrogen) atoms. The zero-order chi connectivity index (χ0) is 12.5. The van der Waals surface area contributed by atoms with Gasteiger partial charge in [-0.25, -0.2) is 0 Å². The number of rotatable bonds is 3. The molecule has 0 bridgehead atoms. The van der Waals surface area contributed by atoms with Crippen molar-refractivity contribution in [3.63, 3.8) is 0 Å². The molecule has 0 aliphatic carbocycles. The highest BCUT2D eigenvalue weighted by Crippen LogP contribution is 2.20. The average Bonchev–Trinajstić information content (AvgIpc) is 2.59. The maximum Gasteiger partial charge on any atom is 0.176 e. The van der Waals surface area contributed by atoms with Crippen molar-refractivity contribution in [3.05, 3.63) is 34.3 Å². The summed E-state index contributed by atoms with van der Waals surface area (Å²) >= 11 is 3.34. The van der Waals surface area contributed by atoms with Gasteiger partial charge in [-0.05, 0) is 25.5 Å². The number of likely N-dealkylation sites (tertiary alicyclic amines) is 1. The molecule has 2 rings (SSSR count). The Labute approximate surface area is 110 Å². The first kappa shape index (κ1) is 12.7. The number of aliphatic hydroxyl groups is 1. The van der Waals surface area contributed by atoms with Crippen molar-refractivity contribution in [2.75, 3.05) is 19.6 Å². The van der Waals surface area contributed by atoms with Crippen molar-refractivity contribution >= 4 is 21.7 Å². The highest BCUT2D eigenvalue weighted by Gasteiger charge is 2.32. The first-order valence-corrected chi connectivity index (χ1v) is 6.49. The van der Waals surface area contributed by atoms with E-state index in [4.69, 9.17) is 0 Å². The molecular formula is C13H16BrNO2.